The Morgan fingerprint density at radius 2 is 2.00 bits per heavy atom. The summed E-state index contributed by atoms with van der Waals surface area (Å²) in [6.07, 6.45) is -3.19. The molecule has 0 aliphatic rings. The molecular formula is C9H18F3NO. The number of halogens is 3. The molecule has 0 spiro atoms. The van der Waals surface area contributed by atoms with Gasteiger partial charge < -0.3 is 10.5 Å². The zero-order valence-electron chi connectivity index (χ0n) is 8.44. The summed E-state index contributed by atoms with van der Waals surface area (Å²) in [5, 5.41) is 0. The highest BCUT2D eigenvalue weighted by Crippen LogP contribution is 2.21. The molecule has 0 aliphatic carbocycles. The van der Waals surface area contributed by atoms with Crippen LogP contribution in [0.4, 0.5) is 13.2 Å². The molecule has 0 aromatic carbocycles. The molecule has 0 saturated heterocycles. The third-order valence-electron chi connectivity index (χ3n) is 1.83. The second-order valence-corrected chi connectivity index (χ2v) is 3.24. The first-order chi connectivity index (χ1) is 6.49. The van der Waals surface area contributed by atoms with Crippen molar-refractivity contribution in [3.8, 4) is 0 Å². The number of hydrogen-bond acceptors (Lipinski definition) is 2. The molecule has 1 unspecified atom stereocenters. The Morgan fingerprint density at radius 3 is 2.43 bits per heavy atom. The summed E-state index contributed by atoms with van der Waals surface area (Å²) in [6, 6.07) is 0. The molecule has 0 radical (unpaired) electrons. The lowest BCUT2D eigenvalue weighted by Gasteiger charge is -2.15. The average Bonchev–Trinajstić information content (AvgIpc) is 2.08. The van der Waals surface area contributed by atoms with Crippen LogP contribution in [0.3, 0.4) is 0 Å². The fourth-order valence-electron chi connectivity index (χ4n) is 1.11. The van der Waals surface area contributed by atoms with Gasteiger partial charge in [-0.1, -0.05) is 13.3 Å². The minimum atomic E-state index is -4.08. The molecule has 2 nitrogen and oxygen atoms in total. The van der Waals surface area contributed by atoms with Crippen LogP contribution < -0.4 is 5.73 Å². The van der Waals surface area contributed by atoms with Gasteiger partial charge in [-0.2, -0.15) is 13.2 Å². The van der Waals surface area contributed by atoms with Crippen LogP contribution in [0.25, 0.3) is 0 Å². The quantitative estimate of drug-likeness (QED) is 0.659. The lowest BCUT2D eigenvalue weighted by Crippen LogP contribution is -2.24. The van der Waals surface area contributed by atoms with Gasteiger partial charge >= 0.3 is 6.18 Å². The van der Waals surface area contributed by atoms with Crippen molar-refractivity contribution in [2.75, 3.05) is 13.2 Å². The van der Waals surface area contributed by atoms with Crippen molar-refractivity contribution in [1.82, 2.24) is 0 Å². The lowest BCUT2D eigenvalue weighted by molar-refractivity contribution is -0.138. The fraction of sp³-hybridized carbons (Fsp3) is 1.00. The second-order valence-electron chi connectivity index (χ2n) is 3.24. The van der Waals surface area contributed by atoms with E-state index >= 15 is 0 Å². The van der Waals surface area contributed by atoms with E-state index in [1.165, 1.54) is 0 Å². The monoisotopic (exact) mass is 213 g/mol. The predicted molar refractivity (Wildman–Crippen MR) is 49.0 cm³/mol. The summed E-state index contributed by atoms with van der Waals surface area (Å²) >= 11 is 0. The van der Waals surface area contributed by atoms with Gasteiger partial charge in [0, 0.05) is 19.6 Å². The number of rotatable bonds is 7. The lowest BCUT2D eigenvalue weighted by atomic mass is 10.2. The maximum Gasteiger partial charge on any atom is 0.389 e. The van der Waals surface area contributed by atoms with Crippen LogP contribution in [-0.2, 0) is 4.74 Å². The zero-order valence-corrected chi connectivity index (χ0v) is 8.44. The molecule has 0 aromatic heterocycles. The molecule has 2 N–H and O–H groups in total. The predicted octanol–water partition coefficient (Wildman–Crippen LogP) is 2.47. The molecule has 0 bridgehead atoms. The van der Waals surface area contributed by atoms with E-state index in [-0.39, 0.29) is 19.1 Å². The van der Waals surface area contributed by atoms with Crippen molar-refractivity contribution in [1.29, 1.82) is 0 Å². The molecule has 0 saturated carbocycles. The number of alkyl halides is 3. The van der Waals surface area contributed by atoms with Gasteiger partial charge in [-0.15, -0.1) is 0 Å². The van der Waals surface area contributed by atoms with Gasteiger partial charge in [0.25, 0.3) is 0 Å². The van der Waals surface area contributed by atoms with Crippen molar-refractivity contribution in [3.63, 3.8) is 0 Å². The summed E-state index contributed by atoms with van der Waals surface area (Å²) < 4.78 is 40.4. The highest BCUT2D eigenvalue weighted by atomic mass is 19.4. The van der Waals surface area contributed by atoms with E-state index in [2.05, 4.69) is 0 Å². The minimum absolute atomic E-state index is 0.0176. The number of hydrogen-bond donors (Lipinski definition) is 1. The highest BCUT2D eigenvalue weighted by Gasteiger charge is 2.26. The summed E-state index contributed by atoms with van der Waals surface area (Å²) in [5.74, 6) is 0. The minimum Gasteiger partial charge on any atom is -0.377 e. The zero-order chi connectivity index (χ0) is 11.0. The van der Waals surface area contributed by atoms with Gasteiger partial charge in [0.15, 0.2) is 0 Å². The number of ether oxygens (including phenoxy) is 1. The maximum atomic E-state index is 11.7. The Labute approximate surface area is 82.6 Å². The third kappa shape index (κ3) is 8.31. The number of nitrogens with two attached hydrogens (primary N) is 1. The van der Waals surface area contributed by atoms with Gasteiger partial charge in [0.2, 0.25) is 0 Å². The van der Waals surface area contributed by atoms with Crippen LogP contribution in [0.15, 0.2) is 0 Å². The highest BCUT2D eigenvalue weighted by molar-refractivity contribution is 4.58. The van der Waals surface area contributed by atoms with Crippen LogP contribution in [0.2, 0.25) is 0 Å². The largest absolute Gasteiger partial charge is 0.389 e. The average molecular weight is 213 g/mol. The van der Waals surface area contributed by atoms with E-state index in [4.69, 9.17) is 10.5 Å². The van der Waals surface area contributed by atoms with Crippen LogP contribution in [0.5, 0.6) is 0 Å². The SMILES string of the molecule is CCCC(CN)OCCCC(F)(F)F. The van der Waals surface area contributed by atoms with Crippen LogP contribution in [-0.4, -0.2) is 25.4 Å². The van der Waals surface area contributed by atoms with E-state index in [1.807, 2.05) is 6.92 Å². The van der Waals surface area contributed by atoms with Crippen LogP contribution in [0, 0.1) is 0 Å². The first-order valence-corrected chi connectivity index (χ1v) is 4.88. The summed E-state index contributed by atoms with van der Waals surface area (Å²) in [4.78, 5) is 0. The van der Waals surface area contributed by atoms with Gasteiger partial charge in [-0.05, 0) is 12.8 Å². The van der Waals surface area contributed by atoms with Gasteiger partial charge in [-0.3, -0.25) is 0 Å². The summed E-state index contributed by atoms with van der Waals surface area (Å²) in [6.45, 7) is 2.50. The Bertz CT molecular complexity index is 139. The molecule has 86 valence electrons. The molecule has 5 heteroatoms. The molecule has 0 heterocycles. The van der Waals surface area contributed by atoms with Crippen molar-refractivity contribution in [2.24, 2.45) is 5.73 Å². The molecule has 1 atom stereocenters. The summed E-state index contributed by atoms with van der Waals surface area (Å²) in [5.41, 5.74) is 5.38. The van der Waals surface area contributed by atoms with E-state index in [9.17, 15) is 13.2 Å². The maximum absolute atomic E-state index is 11.7. The van der Waals surface area contributed by atoms with Crippen molar-refractivity contribution >= 4 is 0 Å². The smallest absolute Gasteiger partial charge is 0.377 e. The van der Waals surface area contributed by atoms with E-state index in [0.717, 1.165) is 12.8 Å². The van der Waals surface area contributed by atoms with Crippen molar-refractivity contribution in [3.05, 3.63) is 0 Å². The Kier molecular flexibility index (Phi) is 6.92. The Balaban J connectivity index is 3.42. The topological polar surface area (TPSA) is 35.2 Å². The first-order valence-electron chi connectivity index (χ1n) is 4.88. The molecule has 0 amide bonds. The molecular weight excluding hydrogens is 195 g/mol. The molecule has 0 rings (SSSR count). The van der Waals surface area contributed by atoms with Crippen LogP contribution >= 0.6 is 0 Å². The Morgan fingerprint density at radius 1 is 1.36 bits per heavy atom. The van der Waals surface area contributed by atoms with E-state index < -0.39 is 12.6 Å². The molecule has 0 aromatic rings. The van der Waals surface area contributed by atoms with Gasteiger partial charge in [0.05, 0.1) is 6.10 Å². The normalized spacial score (nSPS) is 14.4. The van der Waals surface area contributed by atoms with E-state index in [0.29, 0.717) is 6.54 Å². The second kappa shape index (κ2) is 7.06. The van der Waals surface area contributed by atoms with Gasteiger partial charge in [0.1, 0.15) is 0 Å². The van der Waals surface area contributed by atoms with Crippen molar-refractivity contribution < 1.29 is 17.9 Å². The Hall–Kier alpha value is -0.290. The molecule has 0 fully saturated rings. The van der Waals surface area contributed by atoms with Crippen molar-refractivity contribution in [2.45, 2.75) is 44.9 Å². The van der Waals surface area contributed by atoms with Crippen LogP contribution in [0.1, 0.15) is 32.6 Å². The molecule has 0 aliphatic heterocycles. The third-order valence-corrected chi connectivity index (χ3v) is 1.83. The standard InChI is InChI=1S/C9H18F3NO/c1-2-4-8(7-13)14-6-3-5-9(10,11)12/h8H,2-7,13H2,1H3. The molecule has 14 heavy (non-hydrogen) atoms. The van der Waals surface area contributed by atoms with E-state index in [1.54, 1.807) is 0 Å². The summed E-state index contributed by atoms with van der Waals surface area (Å²) in [7, 11) is 0. The first kappa shape index (κ1) is 13.7. The fourth-order valence-corrected chi connectivity index (χ4v) is 1.11. The van der Waals surface area contributed by atoms with Gasteiger partial charge in [-0.25, -0.2) is 0 Å².